The van der Waals surface area contributed by atoms with Crippen molar-refractivity contribution in [3.05, 3.63) is 77.8 Å². The van der Waals surface area contributed by atoms with Gasteiger partial charge in [0.05, 0.1) is 34.0 Å². The lowest BCUT2D eigenvalue weighted by atomic mass is 9.93. The van der Waals surface area contributed by atoms with Crippen LogP contribution in [0.5, 0.6) is 0 Å². The van der Waals surface area contributed by atoms with E-state index in [0.717, 1.165) is 75.0 Å². The monoisotopic (exact) mass is 465 g/mol. The Kier molecular flexibility index (Phi) is 6.59. The third-order valence-corrected chi connectivity index (χ3v) is 6.51. The van der Waals surface area contributed by atoms with Crippen molar-refractivity contribution in [2.24, 2.45) is 5.92 Å². The highest BCUT2D eigenvalue weighted by Gasteiger charge is 2.14. The third kappa shape index (κ3) is 5.10. The number of hydrogen-bond donors (Lipinski definition) is 4. The summed E-state index contributed by atoms with van der Waals surface area (Å²) >= 11 is 0. The molecular weight excluding hydrogens is 434 g/mol. The summed E-state index contributed by atoms with van der Waals surface area (Å²) in [5.74, 6) is 0.679. The van der Waals surface area contributed by atoms with Gasteiger partial charge < -0.3 is 15.6 Å². The average molecular weight is 466 g/mol. The van der Waals surface area contributed by atoms with Crippen molar-refractivity contribution in [3.63, 3.8) is 0 Å². The second kappa shape index (κ2) is 10.1. The molecule has 5 heterocycles. The number of aromatic nitrogens is 5. The van der Waals surface area contributed by atoms with Gasteiger partial charge in [0, 0.05) is 28.9 Å². The summed E-state index contributed by atoms with van der Waals surface area (Å²) in [6, 6.07) is 8.02. The minimum atomic E-state index is 0.679. The van der Waals surface area contributed by atoms with Crippen LogP contribution in [0.2, 0.25) is 0 Å². The summed E-state index contributed by atoms with van der Waals surface area (Å²) in [5, 5.41) is 16.5. The summed E-state index contributed by atoms with van der Waals surface area (Å²) in [6.45, 7) is 12.8. The van der Waals surface area contributed by atoms with E-state index in [-0.39, 0.29) is 0 Å². The molecule has 35 heavy (non-hydrogen) atoms. The van der Waals surface area contributed by atoms with E-state index in [2.05, 4.69) is 61.1 Å². The first-order chi connectivity index (χ1) is 17.1. The number of hydrogen-bond acceptors (Lipinski definition) is 5. The Labute approximate surface area is 204 Å². The third-order valence-electron chi connectivity index (χ3n) is 6.51. The van der Waals surface area contributed by atoms with Crippen LogP contribution < -0.4 is 21.2 Å². The van der Waals surface area contributed by atoms with E-state index < -0.39 is 0 Å². The highest BCUT2D eigenvalue weighted by molar-refractivity contribution is 5.89. The Morgan fingerprint density at radius 1 is 1.20 bits per heavy atom. The first-order valence-electron chi connectivity index (χ1n) is 12.1. The summed E-state index contributed by atoms with van der Waals surface area (Å²) in [6.07, 6.45) is 12.9. The predicted octanol–water partition coefficient (Wildman–Crippen LogP) is 3.96. The second-order valence-corrected chi connectivity index (χ2v) is 9.07. The molecule has 0 radical (unpaired) electrons. The van der Waals surface area contributed by atoms with E-state index in [4.69, 9.17) is 0 Å². The summed E-state index contributed by atoms with van der Waals surface area (Å²) < 4.78 is 0. The Balaban J connectivity index is 1.40. The van der Waals surface area contributed by atoms with Gasteiger partial charge in [0.15, 0.2) is 0 Å². The largest absolute Gasteiger partial charge is 0.358 e. The minimum Gasteiger partial charge on any atom is -0.358 e. The Hall–Kier alpha value is -3.97. The maximum Gasteiger partial charge on any atom is 0.116 e. The van der Waals surface area contributed by atoms with Crippen LogP contribution in [0.3, 0.4) is 0 Å². The lowest BCUT2D eigenvalue weighted by Crippen LogP contribution is -2.28. The van der Waals surface area contributed by atoms with Crippen LogP contribution in [-0.2, 0) is 0 Å². The van der Waals surface area contributed by atoms with Crippen LogP contribution in [0.1, 0.15) is 31.7 Å². The maximum absolute atomic E-state index is 4.58. The lowest BCUT2D eigenvalue weighted by molar-refractivity contribution is 0.373. The number of H-pyrrole nitrogens is 2. The molecule has 5 rings (SSSR count). The van der Waals surface area contributed by atoms with Gasteiger partial charge in [-0.1, -0.05) is 19.2 Å². The van der Waals surface area contributed by atoms with Crippen LogP contribution in [0.15, 0.2) is 61.7 Å². The fourth-order valence-electron chi connectivity index (χ4n) is 4.65. The molecule has 0 bridgehead atoms. The van der Waals surface area contributed by atoms with Gasteiger partial charge >= 0.3 is 0 Å². The van der Waals surface area contributed by atoms with E-state index >= 15 is 0 Å². The summed E-state index contributed by atoms with van der Waals surface area (Å²) in [4.78, 5) is 12.3. The SMILES string of the molecule is C=C(CC1CCNCC1)Nc1cncc(C(=C)/C=c2/c(-c3cc4ncccc4[nH]3)n[nH]/c2=C/C)c1. The van der Waals surface area contributed by atoms with Gasteiger partial charge in [-0.15, -0.1) is 0 Å². The zero-order valence-corrected chi connectivity index (χ0v) is 20.1. The molecule has 0 amide bonds. The Morgan fingerprint density at radius 2 is 2.06 bits per heavy atom. The number of nitrogens with one attached hydrogen (secondary N) is 4. The fourth-order valence-corrected chi connectivity index (χ4v) is 4.65. The molecule has 1 saturated heterocycles. The van der Waals surface area contributed by atoms with Crippen molar-refractivity contribution in [1.29, 1.82) is 0 Å². The van der Waals surface area contributed by atoms with Gasteiger partial charge in [0.1, 0.15) is 5.69 Å². The Bertz CT molecular complexity index is 1450. The van der Waals surface area contributed by atoms with Gasteiger partial charge in [-0.25, -0.2) is 0 Å². The molecule has 7 nitrogen and oxygen atoms in total. The van der Waals surface area contributed by atoms with Crippen LogP contribution >= 0.6 is 0 Å². The highest BCUT2D eigenvalue weighted by atomic mass is 15.1. The van der Waals surface area contributed by atoms with Crippen molar-refractivity contribution >= 4 is 34.4 Å². The first kappa shape index (κ1) is 22.8. The van der Waals surface area contributed by atoms with Crippen LogP contribution in [0, 0.1) is 5.92 Å². The van der Waals surface area contributed by atoms with E-state index in [9.17, 15) is 0 Å². The van der Waals surface area contributed by atoms with Gasteiger partial charge in [-0.3, -0.25) is 15.1 Å². The van der Waals surface area contributed by atoms with E-state index in [1.807, 2.05) is 43.6 Å². The zero-order chi connectivity index (χ0) is 24.2. The molecule has 1 aliphatic heterocycles. The lowest BCUT2D eigenvalue weighted by Gasteiger charge is -2.23. The van der Waals surface area contributed by atoms with Gasteiger partial charge in [-0.2, -0.15) is 5.10 Å². The van der Waals surface area contributed by atoms with Crippen LogP contribution in [-0.4, -0.2) is 38.2 Å². The Morgan fingerprint density at radius 3 is 2.86 bits per heavy atom. The number of rotatable bonds is 7. The molecule has 0 aromatic carbocycles. The zero-order valence-electron chi connectivity index (χ0n) is 20.1. The first-order valence-corrected chi connectivity index (χ1v) is 12.1. The van der Waals surface area contributed by atoms with Gasteiger partial charge in [0.2, 0.25) is 0 Å². The predicted molar refractivity (Wildman–Crippen MR) is 144 cm³/mol. The molecule has 0 saturated carbocycles. The standard InChI is InChI=1S/C28H31N7/c1-4-24-23(28(35-34-24)27-15-26-25(33-27)6-5-9-31-26)12-18(2)21-14-22(17-30-16-21)32-19(3)13-20-7-10-29-11-8-20/h4-6,9,12,14-17,20,29,32-34H,2-3,7-8,10-11,13H2,1H3/b23-12+,24-4+. The minimum absolute atomic E-state index is 0.679. The number of nitrogens with zero attached hydrogens (tertiary/aromatic N) is 3. The molecule has 178 valence electrons. The summed E-state index contributed by atoms with van der Waals surface area (Å²) in [5.41, 5.74) is 7.36. The number of fused-ring (bicyclic) bond motifs is 1. The van der Waals surface area contributed by atoms with Gasteiger partial charge in [-0.05, 0) is 81.1 Å². The molecule has 0 unspecified atom stereocenters. The average Bonchev–Trinajstić information content (AvgIpc) is 3.48. The number of aromatic amines is 2. The molecule has 4 N–H and O–H groups in total. The molecule has 1 aliphatic rings. The molecule has 4 aromatic heterocycles. The fraction of sp³-hybridized carbons (Fsp3) is 0.250. The maximum atomic E-state index is 4.58. The van der Waals surface area contributed by atoms with Crippen molar-refractivity contribution in [2.45, 2.75) is 26.2 Å². The number of anilines is 1. The van der Waals surface area contributed by atoms with Gasteiger partial charge in [0.25, 0.3) is 0 Å². The molecule has 4 aromatic rings. The smallest absolute Gasteiger partial charge is 0.116 e. The highest BCUT2D eigenvalue weighted by Crippen LogP contribution is 2.23. The number of allylic oxidation sites excluding steroid dienone is 2. The van der Waals surface area contributed by atoms with Crippen molar-refractivity contribution in [3.8, 4) is 11.4 Å². The van der Waals surface area contributed by atoms with E-state index in [1.165, 1.54) is 12.8 Å². The normalized spacial score (nSPS) is 15.6. The van der Waals surface area contributed by atoms with Crippen molar-refractivity contribution < 1.29 is 0 Å². The van der Waals surface area contributed by atoms with Crippen LogP contribution in [0.4, 0.5) is 5.69 Å². The summed E-state index contributed by atoms with van der Waals surface area (Å²) in [7, 11) is 0. The number of piperidine rings is 1. The van der Waals surface area contributed by atoms with Crippen molar-refractivity contribution in [1.82, 2.24) is 30.5 Å². The molecule has 0 spiro atoms. The van der Waals surface area contributed by atoms with Crippen LogP contribution in [0.25, 0.3) is 40.1 Å². The molecule has 1 fully saturated rings. The van der Waals surface area contributed by atoms with E-state index in [0.29, 0.717) is 5.92 Å². The van der Waals surface area contributed by atoms with E-state index in [1.54, 1.807) is 6.20 Å². The molecule has 0 aliphatic carbocycles. The molecule has 7 heteroatoms. The van der Waals surface area contributed by atoms with Crippen molar-refractivity contribution in [2.75, 3.05) is 18.4 Å². The second-order valence-electron chi connectivity index (χ2n) is 9.07. The number of pyridine rings is 2. The molecular formula is C28H31N7. The quantitative estimate of drug-likeness (QED) is 0.332. The topological polar surface area (TPSA) is 94.3 Å². The molecule has 0 atom stereocenters.